The van der Waals surface area contributed by atoms with E-state index in [-0.39, 0.29) is 18.2 Å². The number of phenols is 1. The number of amides is 1. The van der Waals surface area contributed by atoms with Crippen LogP contribution in [0, 0.1) is 0 Å². The first-order valence-electron chi connectivity index (χ1n) is 5.34. The van der Waals surface area contributed by atoms with Crippen molar-refractivity contribution in [1.29, 1.82) is 0 Å². The van der Waals surface area contributed by atoms with Crippen LogP contribution in [0.1, 0.15) is 15.9 Å². The van der Waals surface area contributed by atoms with Crippen LogP contribution in [0.5, 0.6) is 5.75 Å². The standard InChI is InChI=1S/C13H11BrN2O2/c14-12-10(5-3-7-15-12)13(18)16-8-9-4-1-2-6-11(9)17/h1-7,17H,8H2,(H,16,18). The molecule has 0 aliphatic carbocycles. The molecule has 0 radical (unpaired) electrons. The Bertz CT molecular complexity index is 572. The minimum absolute atomic E-state index is 0.169. The number of para-hydroxylation sites is 1. The van der Waals surface area contributed by atoms with Gasteiger partial charge in [-0.1, -0.05) is 18.2 Å². The molecule has 2 N–H and O–H groups in total. The van der Waals surface area contributed by atoms with Crippen LogP contribution in [0.2, 0.25) is 0 Å². The lowest BCUT2D eigenvalue weighted by Crippen LogP contribution is -2.23. The average Bonchev–Trinajstić information content (AvgIpc) is 2.38. The summed E-state index contributed by atoms with van der Waals surface area (Å²) in [5.74, 6) is -0.0683. The van der Waals surface area contributed by atoms with Gasteiger partial charge in [0.15, 0.2) is 0 Å². The highest BCUT2D eigenvalue weighted by Crippen LogP contribution is 2.16. The Morgan fingerprint density at radius 3 is 2.78 bits per heavy atom. The van der Waals surface area contributed by atoms with Crippen molar-refractivity contribution in [1.82, 2.24) is 10.3 Å². The molecule has 4 nitrogen and oxygen atoms in total. The molecule has 1 heterocycles. The molecule has 1 aromatic heterocycles. The topological polar surface area (TPSA) is 62.2 Å². The normalized spacial score (nSPS) is 10.1. The van der Waals surface area contributed by atoms with E-state index in [1.165, 1.54) is 0 Å². The molecule has 0 aliphatic rings. The molecule has 1 amide bonds. The second-order valence-electron chi connectivity index (χ2n) is 3.65. The zero-order valence-electron chi connectivity index (χ0n) is 9.43. The second kappa shape index (κ2) is 5.64. The highest BCUT2D eigenvalue weighted by atomic mass is 79.9. The zero-order valence-corrected chi connectivity index (χ0v) is 11.0. The molecule has 0 bridgehead atoms. The zero-order chi connectivity index (χ0) is 13.0. The number of aromatic hydroxyl groups is 1. The van der Waals surface area contributed by atoms with Gasteiger partial charge in [-0.3, -0.25) is 4.79 Å². The average molecular weight is 307 g/mol. The molecular weight excluding hydrogens is 296 g/mol. The molecule has 0 saturated carbocycles. The molecule has 92 valence electrons. The molecule has 2 aromatic rings. The monoisotopic (exact) mass is 306 g/mol. The minimum Gasteiger partial charge on any atom is -0.508 e. The number of carbonyl (C=O) groups excluding carboxylic acids is 1. The SMILES string of the molecule is O=C(NCc1ccccc1O)c1cccnc1Br. The van der Waals surface area contributed by atoms with Gasteiger partial charge in [0.2, 0.25) is 0 Å². The van der Waals surface area contributed by atoms with E-state index in [0.29, 0.717) is 15.7 Å². The first-order chi connectivity index (χ1) is 8.68. The first kappa shape index (κ1) is 12.6. The van der Waals surface area contributed by atoms with Crippen LogP contribution < -0.4 is 5.32 Å². The predicted octanol–water partition coefficient (Wildman–Crippen LogP) is 2.48. The number of hydrogen-bond donors (Lipinski definition) is 2. The maximum absolute atomic E-state index is 11.9. The number of hydrogen-bond acceptors (Lipinski definition) is 3. The van der Waals surface area contributed by atoms with Crippen molar-refractivity contribution in [2.75, 3.05) is 0 Å². The fourth-order valence-electron chi connectivity index (χ4n) is 1.49. The van der Waals surface area contributed by atoms with E-state index in [1.54, 1.807) is 42.6 Å². The predicted molar refractivity (Wildman–Crippen MR) is 71.2 cm³/mol. The molecule has 0 fully saturated rings. The molecule has 0 atom stereocenters. The van der Waals surface area contributed by atoms with Crippen molar-refractivity contribution in [3.05, 3.63) is 58.3 Å². The molecular formula is C13H11BrN2O2. The molecule has 18 heavy (non-hydrogen) atoms. The first-order valence-corrected chi connectivity index (χ1v) is 6.13. The van der Waals surface area contributed by atoms with Gasteiger partial charge in [0, 0.05) is 18.3 Å². The third-order valence-corrected chi connectivity index (χ3v) is 3.07. The number of nitrogens with zero attached hydrogens (tertiary/aromatic N) is 1. The van der Waals surface area contributed by atoms with Crippen LogP contribution in [-0.4, -0.2) is 16.0 Å². The van der Waals surface area contributed by atoms with Crippen LogP contribution in [0.25, 0.3) is 0 Å². The maximum atomic E-state index is 11.9. The van der Waals surface area contributed by atoms with E-state index < -0.39 is 0 Å². The molecule has 0 aliphatic heterocycles. The summed E-state index contributed by atoms with van der Waals surface area (Å²) in [6, 6.07) is 10.3. The Morgan fingerprint density at radius 1 is 1.28 bits per heavy atom. The fraction of sp³-hybridized carbons (Fsp3) is 0.0769. The second-order valence-corrected chi connectivity index (χ2v) is 4.40. The van der Waals surface area contributed by atoms with E-state index in [4.69, 9.17) is 0 Å². The van der Waals surface area contributed by atoms with Crippen molar-refractivity contribution >= 4 is 21.8 Å². The van der Waals surface area contributed by atoms with Crippen LogP contribution >= 0.6 is 15.9 Å². The number of nitrogens with one attached hydrogen (secondary N) is 1. The van der Waals surface area contributed by atoms with E-state index in [2.05, 4.69) is 26.2 Å². The summed E-state index contributed by atoms with van der Waals surface area (Å²) in [5, 5.41) is 12.3. The lowest BCUT2D eigenvalue weighted by molar-refractivity contribution is 0.0949. The van der Waals surface area contributed by atoms with Crippen molar-refractivity contribution in [3.8, 4) is 5.75 Å². The summed E-state index contributed by atoms with van der Waals surface area (Å²) in [5.41, 5.74) is 1.14. The molecule has 0 spiro atoms. The van der Waals surface area contributed by atoms with Crippen LogP contribution in [0.15, 0.2) is 47.2 Å². The van der Waals surface area contributed by atoms with Crippen molar-refractivity contribution in [2.24, 2.45) is 0 Å². The number of carbonyl (C=O) groups is 1. The quantitative estimate of drug-likeness (QED) is 0.856. The Balaban J connectivity index is 2.06. The summed E-state index contributed by atoms with van der Waals surface area (Å²) in [7, 11) is 0. The van der Waals surface area contributed by atoms with E-state index in [9.17, 15) is 9.90 Å². The van der Waals surface area contributed by atoms with Crippen molar-refractivity contribution in [3.63, 3.8) is 0 Å². The smallest absolute Gasteiger partial charge is 0.254 e. The lowest BCUT2D eigenvalue weighted by Gasteiger charge is -2.07. The van der Waals surface area contributed by atoms with Crippen LogP contribution in [0.4, 0.5) is 0 Å². The van der Waals surface area contributed by atoms with Crippen molar-refractivity contribution < 1.29 is 9.90 Å². The third-order valence-electron chi connectivity index (χ3n) is 2.43. The molecule has 5 heteroatoms. The van der Waals surface area contributed by atoms with Gasteiger partial charge < -0.3 is 10.4 Å². The van der Waals surface area contributed by atoms with E-state index in [1.807, 2.05) is 0 Å². The number of benzene rings is 1. The molecule has 0 unspecified atom stereocenters. The highest BCUT2D eigenvalue weighted by molar-refractivity contribution is 9.10. The van der Waals surface area contributed by atoms with E-state index in [0.717, 1.165) is 0 Å². The Kier molecular flexibility index (Phi) is 3.94. The molecule has 1 aromatic carbocycles. The summed E-state index contributed by atoms with van der Waals surface area (Å²) < 4.78 is 0.500. The number of rotatable bonds is 3. The number of pyridine rings is 1. The molecule has 2 rings (SSSR count). The van der Waals surface area contributed by atoms with Gasteiger partial charge in [-0.05, 0) is 34.1 Å². The summed E-state index contributed by atoms with van der Waals surface area (Å²) >= 11 is 3.22. The van der Waals surface area contributed by atoms with E-state index >= 15 is 0 Å². The number of halogens is 1. The van der Waals surface area contributed by atoms with Crippen LogP contribution in [-0.2, 0) is 6.54 Å². The Hall–Kier alpha value is -1.88. The van der Waals surface area contributed by atoms with Gasteiger partial charge in [0.25, 0.3) is 5.91 Å². The van der Waals surface area contributed by atoms with Crippen LogP contribution in [0.3, 0.4) is 0 Å². The van der Waals surface area contributed by atoms with Gasteiger partial charge in [0.05, 0.1) is 5.56 Å². The van der Waals surface area contributed by atoms with Gasteiger partial charge in [-0.25, -0.2) is 4.98 Å². The minimum atomic E-state index is -0.238. The summed E-state index contributed by atoms with van der Waals surface area (Å²) in [6.07, 6.45) is 1.60. The lowest BCUT2D eigenvalue weighted by atomic mass is 10.2. The fourth-order valence-corrected chi connectivity index (χ4v) is 1.92. The summed E-state index contributed by atoms with van der Waals surface area (Å²) in [4.78, 5) is 15.9. The van der Waals surface area contributed by atoms with Crippen molar-refractivity contribution in [2.45, 2.75) is 6.54 Å². The van der Waals surface area contributed by atoms with Gasteiger partial charge in [-0.15, -0.1) is 0 Å². The Labute approximate surface area is 113 Å². The Morgan fingerprint density at radius 2 is 2.06 bits per heavy atom. The molecule has 0 saturated heterocycles. The van der Waals surface area contributed by atoms with Gasteiger partial charge in [0.1, 0.15) is 10.4 Å². The summed E-state index contributed by atoms with van der Waals surface area (Å²) in [6.45, 7) is 0.271. The number of aromatic nitrogens is 1. The van der Waals surface area contributed by atoms with Gasteiger partial charge >= 0.3 is 0 Å². The highest BCUT2D eigenvalue weighted by Gasteiger charge is 2.10. The third kappa shape index (κ3) is 2.87. The largest absolute Gasteiger partial charge is 0.508 e. The number of phenolic OH excluding ortho intramolecular Hbond substituents is 1. The maximum Gasteiger partial charge on any atom is 0.254 e. The van der Waals surface area contributed by atoms with Gasteiger partial charge in [-0.2, -0.15) is 0 Å².